The second kappa shape index (κ2) is 6.79. The van der Waals surface area contributed by atoms with Crippen LogP contribution in [-0.4, -0.2) is 8.42 Å². The molecule has 0 unspecified atom stereocenters. The second-order valence-corrected chi connectivity index (χ2v) is 6.54. The molecule has 4 heteroatoms. The molecule has 0 aliphatic heterocycles. The molecule has 0 aliphatic carbocycles. The molecule has 22 heavy (non-hydrogen) atoms. The van der Waals surface area contributed by atoms with Crippen molar-refractivity contribution in [2.24, 2.45) is 0 Å². The number of allylic oxidation sites excluding steroid dienone is 1. The fourth-order valence-electron chi connectivity index (χ4n) is 2.20. The van der Waals surface area contributed by atoms with Gasteiger partial charge in [0.05, 0.1) is 0 Å². The van der Waals surface area contributed by atoms with E-state index in [1.54, 1.807) is 37.3 Å². The third kappa shape index (κ3) is 3.57. The van der Waals surface area contributed by atoms with E-state index in [9.17, 15) is 8.42 Å². The summed E-state index contributed by atoms with van der Waals surface area (Å²) >= 11 is 0. The Labute approximate surface area is 132 Å². The molecule has 0 N–H and O–H groups in total. The summed E-state index contributed by atoms with van der Waals surface area (Å²) in [5.41, 5.74) is 2.56. The molecule has 0 saturated carbocycles. The summed E-state index contributed by atoms with van der Waals surface area (Å²) in [6.45, 7) is 5.70. The quantitative estimate of drug-likeness (QED) is 0.770. The summed E-state index contributed by atoms with van der Waals surface area (Å²) in [4.78, 5) is 0.195. The van der Waals surface area contributed by atoms with Gasteiger partial charge in [-0.15, -0.1) is 0 Å². The highest BCUT2D eigenvalue weighted by atomic mass is 32.2. The molecule has 2 aromatic carbocycles. The maximum absolute atomic E-state index is 12.5. The van der Waals surface area contributed by atoms with Gasteiger partial charge in [0, 0.05) is 5.56 Å². The van der Waals surface area contributed by atoms with Crippen LogP contribution in [-0.2, 0) is 16.5 Å². The average Bonchev–Trinajstić information content (AvgIpc) is 2.49. The van der Waals surface area contributed by atoms with Crippen molar-refractivity contribution in [2.45, 2.75) is 32.1 Å². The summed E-state index contributed by atoms with van der Waals surface area (Å²) in [6, 6.07) is 12.3. The molecule has 0 aromatic heterocycles. The SMILES string of the molecule is CC=Cc1cc(CC)ccc1OS(=O)(=O)c1ccccc1C. The zero-order chi connectivity index (χ0) is 16.2. The van der Waals surface area contributed by atoms with E-state index in [1.807, 2.05) is 31.2 Å². The lowest BCUT2D eigenvalue weighted by Crippen LogP contribution is -2.12. The van der Waals surface area contributed by atoms with Crippen LogP contribution in [0.1, 0.15) is 30.5 Å². The third-order valence-corrected chi connectivity index (χ3v) is 4.79. The van der Waals surface area contributed by atoms with Gasteiger partial charge in [-0.25, -0.2) is 0 Å². The van der Waals surface area contributed by atoms with E-state index in [1.165, 1.54) is 0 Å². The van der Waals surface area contributed by atoms with Crippen LogP contribution in [0.4, 0.5) is 0 Å². The number of benzene rings is 2. The van der Waals surface area contributed by atoms with Gasteiger partial charge in [0.1, 0.15) is 10.6 Å². The molecule has 0 fully saturated rings. The van der Waals surface area contributed by atoms with E-state index in [4.69, 9.17) is 4.18 Å². The Balaban J connectivity index is 2.44. The van der Waals surface area contributed by atoms with Gasteiger partial charge >= 0.3 is 10.1 Å². The molecule has 0 amide bonds. The zero-order valence-corrected chi connectivity index (χ0v) is 13.9. The summed E-state index contributed by atoms with van der Waals surface area (Å²) in [6.07, 6.45) is 4.60. The first-order valence-corrected chi connectivity index (χ1v) is 8.64. The summed E-state index contributed by atoms with van der Waals surface area (Å²) in [5.74, 6) is 0.346. The predicted octanol–water partition coefficient (Wildman–Crippen LogP) is 4.36. The fourth-order valence-corrected chi connectivity index (χ4v) is 3.39. The molecule has 0 aliphatic rings. The fraction of sp³-hybridized carbons (Fsp3) is 0.222. The molecular weight excluding hydrogens is 296 g/mol. The number of hydrogen-bond donors (Lipinski definition) is 0. The number of rotatable bonds is 5. The molecular formula is C18H20O3S. The third-order valence-electron chi connectivity index (χ3n) is 3.39. The molecule has 0 heterocycles. The van der Waals surface area contributed by atoms with Crippen molar-refractivity contribution in [2.75, 3.05) is 0 Å². The summed E-state index contributed by atoms with van der Waals surface area (Å²) in [5, 5.41) is 0. The molecule has 0 spiro atoms. The first-order chi connectivity index (χ1) is 10.5. The van der Waals surface area contributed by atoms with Crippen molar-refractivity contribution in [1.82, 2.24) is 0 Å². The van der Waals surface area contributed by atoms with Gasteiger partial charge in [0.2, 0.25) is 0 Å². The van der Waals surface area contributed by atoms with Crippen molar-refractivity contribution < 1.29 is 12.6 Å². The Hall–Kier alpha value is -2.07. The minimum absolute atomic E-state index is 0.195. The summed E-state index contributed by atoms with van der Waals surface area (Å²) in [7, 11) is -3.84. The zero-order valence-electron chi connectivity index (χ0n) is 13.0. The van der Waals surface area contributed by atoms with Crippen LogP contribution in [0.3, 0.4) is 0 Å². The maximum Gasteiger partial charge on any atom is 0.339 e. The van der Waals surface area contributed by atoms with Crippen molar-refractivity contribution in [1.29, 1.82) is 0 Å². The molecule has 2 aromatic rings. The van der Waals surface area contributed by atoms with Gasteiger partial charge < -0.3 is 4.18 Å². The van der Waals surface area contributed by atoms with E-state index in [-0.39, 0.29) is 4.90 Å². The Morgan fingerprint density at radius 3 is 2.50 bits per heavy atom. The minimum atomic E-state index is -3.84. The topological polar surface area (TPSA) is 43.4 Å². The van der Waals surface area contributed by atoms with E-state index < -0.39 is 10.1 Å². The lowest BCUT2D eigenvalue weighted by Gasteiger charge is -2.12. The standard InChI is InChI=1S/C18H20O3S/c1-4-8-16-13-15(5-2)11-12-17(16)21-22(19,20)18-10-7-6-9-14(18)3/h4,6-13H,5H2,1-3H3. The average molecular weight is 316 g/mol. The maximum atomic E-state index is 12.5. The highest BCUT2D eigenvalue weighted by Crippen LogP contribution is 2.27. The van der Waals surface area contributed by atoms with Crippen LogP contribution < -0.4 is 4.18 Å². The van der Waals surface area contributed by atoms with Crippen LogP contribution in [0.5, 0.6) is 5.75 Å². The lowest BCUT2D eigenvalue weighted by molar-refractivity contribution is 0.485. The highest BCUT2D eigenvalue weighted by molar-refractivity contribution is 7.87. The predicted molar refractivity (Wildman–Crippen MR) is 89.5 cm³/mol. The minimum Gasteiger partial charge on any atom is -0.378 e. The molecule has 0 radical (unpaired) electrons. The van der Waals surface area contributed by atoms with E-state index in [0.29, 0.717) is 11.3 Å². The van der Waals surface area contributed by atoms with Crippen LogP contribution in [0, 0.1) is 6.92 Å². The van der Waals surface area contributed by atoms with Crippen molar-refractivity contribution in [3.8, 4) is 5.75 Å². The van der Waals surface area contributed by atoms with E-state index >= 15 is 0 Å². The second-order valence-electron chi connectivity index (χ2n) is 5.03. The van der Waals surface area contributed by atoms with E-state index in [0.717, 1.165) is 17.5 Å². The van der Waals surface area contributed by atoms with Gasteiger partial charge in [-0.3, -0.25) is 0 Å². The molecule has 0 atom stereocenters. The normalized spacial score (nSPS) is 11.8. The lowest BCUT2D eigenvalue weighted by atomic mass is 10.1. The number of hydrogen-bond acceptors (Lipinski definition) is 3. The molecule has 116 valence electrons. The monoisotopic (exact) mass is 316 g/mol. The Kier molecular flexibility index (Phi) is 5.03. The number of aryl methyl sites for hydroxylation is 2. The first kappa shape index (κ1) is 16.3. The van der Waals surface area contributed by atoms with Gasteiger partial charge in [-0.1, -0.05) is 43.3 Å². The Morgan fingerprint density at radius 2 is 1.86 bits per heavy atom. The smallest absolute Gasteiger partial charge is 0.339 e. The van der Waals surface area contributed by atoms with Crippen molar-refractivity contribution in [3.05, 3.63) is 65.2 Å². The van der Waals surface area contributed by atoms with Gasteiger partial charge in [0.15, 0.2) is 0 Å². The highest BCUT2D eigenvalue weighted by Gasteiger charge is 2.20. The van der Waals surface area contributed by atoms with Gasteiger partial charge in [0.25, 0.3) is 0 Å². The molecule has 0 saturated heterocycles. The van der Waals surface area contributed by atoms with Crippen molar-refractivity contribution >= 4 is 16.2 Å². The van der Waals surface area contributed by atoms with Gasteiger partial charge in [-0.05, 0) is 49.6 Å². The Morgan fingerprint density at radius 1 is 1.14 bits per heavy atom. The molecule has 2 rings (SSSR count). The first-order valence-electron chi connectivity index (χ1n) is 7.23. The largest absolute Gasteiger partial charge is 0.378 e. The van der Waals surface area contributed by atoms with Crippen molar-refractivity contribution in [3.63, 3.8) is 0 Å². The summed E-state index contributed by atoms with van der Waals surface area (Å²) < 4.78 is 30.3. The Bertz CT molecular complexity index is 790. The van der Waals surface area contributed by atoms with Gasteiger partial charge in [-0.2, -0.15) is 8.42 Å². The molecule has 3 nitrogen and oxygen atoms in total. The van der Waals surface area contributed by atoms with E-state index in [2.05, 4.69) is 6.92 Å². The molecule has 0 bridgehead atoms. The van der Waals surface area contributed by atoms with Crippen LogP contribution in [0.15, 0.2) is 53.4 Å². The van der Waals surface area contributed by atoms with Crippen LogP contribution in [0.2, 0.25) is 0 Å². The van der Waals surface area contributed by atoms with Crippen LogP contribution in [0.25, 0.3) is 6.08 Å². The van der Waals surface area contributed by atoms with Crippen LogP contribution >= 0.6 is 0 Å².